The normalized spacial score (nSPS) is 14.0. The average molecular weight is 306 g/mol. The molecule has 0 saturated heterocycles. The van der Waals surface area contributed by atoms with Crippen molar-refractivity contribution in [1.82, 2.24) is 15.3 Å². The topological polar surface area (TPSA) is 37.8 Å². The standard InChI is InChI=1S/C16H17ClFN3/c1-2-13-11-9-19-7-6-14(11)21-15(20-13)8-10-4-3-5-12(17)16(10)18/h3-5,19H,2,6-9H2,1H3. The van der Waals surface area contributed by atoms with Crippen molar-refractivity contribution in [3.63, 3.8) is 0 Å². The summed E-state index contributed by atoms with van der Waals surface area (Å²) in [4.78, 5) is 9.24. The molecule has 1 aliphatic rings. The van der Waals surface area contributed by atoms with E-state index in [0.29, 0.717) is 17.8 Å². The average Bonchev–Trinajstić information content (AvgIpc) is 2.51. The molecule has 1 N–H and O–H groups in total. The minimum Gasteiger partial charge on any atom is -0.312 e. The van der Waals surface area contributed by atoms with Crippen LogP contribution >= 0.6 is 11.6 Å². The molecule has 0 bridgehead atoms. The van der Waals surface area contributed by atoms with Gasteiger partial charge in [-0.2, -0.15) is 0 Å². The van der Waals surface area contributed by atoms with Crippen molar-refractivity contribution in [3.8, 4) is 0 Å². The molecule has 0 unspecified atom stereocenters. The number of aryl methyl sites for hydroxylation is 1. The van der Waals surface area contributed by atoms with Gasteiger partial charge in [0.1, 0.15) is 11.6 Å². The van der Waals surface area contributed by atoms with Gasteiger partial charge in [-0.1, -0.05) is 30.7 Å². The molecule has 0 amide bonds. The van der Waals surface area contributed by atoms with Crippen molar-refractivity contribution in [2.24, 2.45) is 0 Å². The number of rotatable bonds is 3. The molecule has 1 aromatic heterocycles. The smallest absolute Gasteiger partial charge is 0.145 e. The summed E-state index contributed by atoms with van der Waals surface area (Å²) in [5.41, 5.74) is 3.90. The number of fused-ring (bicyclic) bond motifs is 1. The first kappa shape index (κ1) is 14.4. The van der Waals surface area contributed by atoms with Crippen molar-refractivity contribution >= 4 is 11.6 Å². The third-order valence-corrected chi connectivity index (χ3v) is 4.07. The summed E-state index contributed by atoms with van der Waals surface area (Å²) in [6.45, 7) is 3.84. The van der Waals surface area contributed by atoms with E-state index in [1.165, 1.54) is 5.56 Å². The van der Waals surface area contributed by atoms with Crippen molar-refractivity contribution in [2.45, 2.75) is 32.7 Å². The molecule has 1 aliphatic heterocycles. The second-order valence-electron chi connectivity index (χ2n) is 5.18. The number of nitrogens with zero attached hydrogens (tertiary/aromatic N) is 2. The van der Waals surface area contributed by atoms with E-state index < -0.39 is 0 Å². The van der Waals surface area contributed by atoms with Gasteiger partial charge in [-0.3, -0.25) is 0 Å². The predicted molar refractivity (Wildman–Crippen MR) is 81.0 cm³/mol. The minimum absolute atomic E-state index is 0.144. The molecule has 21 heavy (non-hydrogen) atoms. The molecule has 5 heteroatoms. The molecular formula is C16H17ClFN3. The van der Waals surface area contributed by atoms with E-state index in [1.807, 2.05) is 0 Å². The van der Waals surface area contributed by atoms with Gasteiger partial charge in [-0.05, 0) is 18.1 Å². The molecule has 0 spiro atoms. The van der Waals surface area contributed by atoms with Gasteiger partial charge in [-0.25, -0.2) is 14.4 Å². The lowest BCUT2D eigenvalue weighted by Crippen LogP contribution is -2.27. The number of hydrogen-bond donors (Lipinski definition) is 1. The highest BCUT2D eigenvalue weighted by molar-refractivity contribution is 6.30. The van der Waals surface area contributed by atoms with Crippen LogP contribution in [0, 0.1) is 5.82 Å². The summed E-state index contributed by atoms with van der Waals surface area (Å²) in [7, 11) is 0. The molecule has 3 rings (SSSR count). The van der Waals surface area contributed by atoms with E-state index >= 15 is 0 Å². The van der Waals surface area contributed by atoms with Gasteiger partial charge in [0.15, 0.2) is 0 Å². The van der Waals surface area contributed by atoms with E-state index in [4.69, 9.17) is 11.6 Å². The zero-order chi connectivity index (χ0) is 14.8. The Balaban J connectivity index is 1.97. The number of aromatic nitrogens is 2. The van der Waals surface area contributed by atoms with Crippen LogP contribution in [0.2, 0.25) is 5.02 Å². The first-order valence-corrected chi connectivity index (χ1v) is 7.58. The molecule has 2 aromatic rings. The second-order valence-corrected chi connectivity index (χ2v) is 5.59. The van der Waals surface area contributed by atoms with Gasteiger partial charge in [0.25, 0.3) is 0 Å². The maximum atomic E-state index is 14.0. The van der Waals surface area contributed by atoms with Crippen LogP contribution in [0.3, 0.4) is 0 Å². The Bertz CT molecular complexity index is 656. The number of hydrogen-bond acceptors (Lipinski definition) is 3. The Morgan fingerprint density at radius 3 is 3.00 bits per heavy atom. The molecule has 110 valence electrons. The van der Waals surface area contributed by atoms with Gasteiger partial charge in [-0.15, -0.1) is 0 Å². The molecular weight excluding hydrogens is 289 g/mol. The third kappa shape index (κ3) is 2.92. The summed E-state index contributed by atoms with van der Waals surface area (Å²) in [5, 5.41) is 3.49. The van der Waals surface area contributed by atoms with Gasteiger partial charge in [0, 0.05) is 37.2 Å². The molecule has 0 saturated carbocycles. The maximum absolute atomic E-state index is 14.0. The SMILES string of the molecule is CCc1nc(Cc2cccc(Cl)c2F)nc2c1CNCC2. The molecule has 0 radical (unpaired) electrons. The summed E-state index contributed by atoms with van der Waals surface area (Å²) in [6, 6.07) is 5.04. The van der Waals surface area contributed by atoms with E-state index in [-0.39, 0.29) is 10.8 Å². The summed E-state index contributed by atoms with van der Waals surface area (Å²) in [5.74, 6) is 0.300. The van der Waals surface area contributed by atoms with Gasteiger partial charge >= 0.3 is 0 Å². The van der Waals surface area contributed by atoms with Gasteiger partial charge < -0.3 is 5.32 Å². The van der Waals surface area contributed by atoms with Crippen LogP contribution < -0.4 is 5.32 Å². The Morgan fingerprint density at radius 1 is 1.33 bits per heavy atom. The quantitative estimate of drug-likeness (QED) is 0.947. The monoisotopic (exact) mass is 305 g/mol. The third-order valence-electron chi connectivity index (χ3n) is 3.78. The summed E-state index contributed by atoms with van der Waals surface area (Å²) >= 11 is 5.83. The first-order valence-electron chi connectivity index (χ1n) is 7.20. The van der Waals surface area contributed by atoms with Gasteiger partial charge in [0.2, 0.25) is 0 Å². The van der Waals surface area contributed by atoms with E-state index in [0.717, 1.165) is 37.3 Å². The highest BCUT2D eigenvalue weighted by Crippen LogP contribution is 2.21. The highest BCUT2D eigenvalue weighted by Gasteiger charge is 2.17. The number of benzene rings is 1. The van der Waals surface area contributed by atoms with Crippen LogP contribution in [-0.4, -0.2) is 16.5 Å². The predicted octanol–water partition coefficient (Wildman–Crippen LogP) is 3.07. The van der Waals surface area contributed by atoms with Crippen LogP contribution in [0.15, 0.2) is 18.2 Å². The van der Waals surface area contributed by atoms with Gasteiger partial charge in [0.05, 0.1) is 10.7 Å². The zero-order valence-corrected chi connectivity index (χ0v) is 12.7. The van der Waals surface area contributed by atoms with Crippen LogP contribution in [0.1, 0.15) is 35.3 Å². The molecule has 1 aromatic carbocycles. The highest BCUT2D eigenvalue weighted by atomic mass is 35.5. The maximum Gasteiger partial charge on any atom is 0.145 e. The Kier molecular flexibility index (Phi) is 4.17. The minimum atomic E-state index is -0.375. The van der Waals surface area contributed by atoms with Crippen molar-refractivity contribution in [2.75, 3.05) is 6.54 Å². The lowest BCUT2D eigenvalue weighted by atomic mass is 10.0. The van der Waals surface area contributed by atoms with Crippen molar-refractivity contribution in [3.05, 3.63) is 57.4 Å². The Labute approximate surface area is 128 Å². The lowest BCUT2D eigenvalue weighted by molar-refractivity contribution is 0.602. The van der Waals surface area contributed by atoms with E-state index in [2.05, 4.69) is 22.2 Å². The Hall–Kier alpha value is -1.52. The number of nitrogens with one attached hydrogen (secondary N) is 1. The lowest BCUT2D eigenvalue weighted by Gasteiger charge is -2.19. The molecule has 0 aliphatic carbocycles. The van der Waals surface area contributed by atoms with E-state index in [9.17, 15) is 4.39 Å². The first-order chi connectivity index (χ1) is 10.2. The van der Waals surface area contributed by atoms with Crippen LogP contribution in [0.4, 0.5) is 4.39 Å². The number of halogens is 2. The molecule has 3 nitrogen and oxygen atoms in total. The summed E-state index contributed by atoms with van der Waals surface area (Å²) in [6.07, 6.45) is 2.13. The fourth-order valence-corrected chi connectivity index (χ4v) is 2.89. The largest absolute Gasteiger partial charge is 0.312 e. The van der Waals surface area contributed by atoms with Crippen molar-refractivity contribution in [1.29, 1.82) is 0 Å². The molecule has 0 fully saturated rings. The van der Waals surface area contributed by atoms with E-state index in [1.54, 1.807) is 18.2 Å². The van der Waals surface area contributed by atoms with Crippen LogP contribution in [-0.2, 0) is 25.8 Å². The second kappa shape index (κ2) is 6.08. The molecule has 0 atom stereocenters. The fourth-order valence-electron chi connectivity index (χ4n) is 2.70. The van der Waals surface area contributed by atoms with Crippen molar-refractivity contribution < 1.29 is 4.39 Å². The Morgan fingerprint density at radius 2 is 2.19 bits per heavy atom. The fraction of sp³-hybridized carbons (Fsp3) is 0.375. The van der Waals surface area contributed by atoms with Crippen LogP contribution in [0.5, 0.6) is 0 Å². The molecule has 2 heterocycles. The zero-order valence-electron chi connectivity index (χ0n) is 11.9. The van der Waals surface area contributed by atoms with Crippen LogP contribution in [0.25, 0.3) is 0 Å². The summed E-state index contributed by atoms with van der Waals surface area (Å²) < 4.78 is 14.0.